The van der Waals surface area contributed by atoms with Gasteiger partial charge < -0.3 is 41.5 Å². The maximum atomic E-state index is 11.3. The zero-order valence-corrected chi connectivity index (χ0v) is 12.2. The number of ether oxygens (including phenoxy) is 1. The van der Waals surface area contributed by atoms with Gasteiger partial charge >= 0.3 is 12.0 Å². The highest BCUT2D eigenvalue weighted by atomic mass is 16.5. The summed E-state index contributed by atoms with van der Waals surface area (Å²) in [5.41, 5.74) is 5.01. The number of rotatable bonds is 6. The maximum Gasteiger partial charge on any atom is 0.370 e. The second kappa shape index (κ2) is 7.76. The molecule has 0 fully saturated rings. The highest BCUT2D eigenvalue weighted by Crippen LogP contribution is 2.23. The number of carbonyl (C=O) groups is 3. The van der Waals surface area contributed by atoms with Crippen molar-refractivity contribution in [3.05, 3.63) is 11.8 Å². The molecule has 3 amide bonds. The van der Waals surface area contributed by atoms with Crippen LogP contribution in [0.2, 0.25) is 0 Å². The number of nitrogens with two attached hydrogens (primary N) is 1. The van der Waals surface area contributed by atoms with E-state index >= 15 is 0 Å². The first-order chi connectivity index (χ1) is 10.7. The van der Waals surface area contributed by atoms with Crippen LogP contribution in [0, 0.1) is 0 Å². The third-order valence-electron chi connectivity index (χ3n) is 3.14. The quantitative estimate of drug-likeness (QED) is 0.261. The minimum Gasteiger partial charge on any atom is -0.478 e. The molecule has 0 aromatic heterocycles. The van der Waals surface area contributed by atoms with Crippen LogP contribution in [0.3, 0.4) is 0 Å². The van der Waals surface area contributed by atoms with Crippen molar-refractivity contribution >= 4 is 17.9 Å². The Morgan fingerprint density at radius 3 is 2.39 bits per heavy atom. The Kier molecular flexibility index (Phi) is 6.30. The van der Waals surface area contributed by atoms with E-state index in [1.807, 2.05) is 0 Å². The van der Waals surface area contributed by atoms with Gasteiger partial charge in [0.25, 0.3) is 0 Å². The molecule has 5 atom stereocenters. The first-order valence-electron chi connectivity index (χ1n) is 6.59. The van der Waals surface area contributed by atoms with Gasteiger partial charge in [0.2, 0.25) is 11.7 Å². The molecule has 8 N–H and O–H groups in total. The standard InChI is InChI=1S/C12H19N3O8/c1-4(17)14-8-5(15-12(13)22)2-7(11(20)21)23-10(8)9(19)6(18)3-16/h2,5-6,8-10,16,18-19H,3H2,1H3,(H,14,17)(H,20,21)(H3,13,15,22)/t5-,6?,8+,9?,10+/m0/s1. The topological polar surface area (TPSA) is 191 Å². The summed E-state index contributed by atoms with van der Waals surface area (Å²) in [6.07, 6.45) is -3.84. The monoisotopic (exact) mass is 333 g/mol. The van der Waals surface area contributed by atoms with Crippen LogP contribution < -0.4 is 16.4 Å². The van der Waals surface area contributed by atoms with Crippen LogP contribution >= 0.6 is 0 Å². The molecule has 1 heterocycles. The SMILES string of the molecule is CC(=O)N[C@@H]1[C@@H](NC(N)=O)C=C(C(=O)O)O[C@H]1C(O)C(O)CO. The van der Waals surface area contributed by atoms with E-state index in [1.54, 1.807) is 0 Å². The minimum absolute atomic E-state index is 0.558. The molecule has 1 aliphatic rings. The van der Waals surface area contributed by atoms with E-state index in [0.717, 1.165) is 13.0 Å². The fourth-order valence-corrected chi connectivity index (χ4v) is 2.16. The Labute approximate surface area is 130 Å². The van der Waals surface area contributed by atoms with Gasteiger partial charge in [-0.15, -0.1) is 0 Å². The zero-order valence-electron chi connectivity index (χ0n) is 12.2. The number of carboxylic acids is 1. The Morgan fingerprint density at radius 1 is 1.35 bits per heavy atom. The Bertz CT molecular complexity index is 509. The molecule has 1 aliphatic heterocycles. The number of amides is 3. The number of carboxylic acid groups (broad SMARTS) is 1. The van der Waals surface area contributed by atoms with Crippen LogP contribution in [0.25, 0.3) is 0 Å². The second-order valence-electron chi connectivity index (χ2n) is 4.92. The Hall–Kier alpha value is -2.37. The summed E-state index contributed by atoms with van der Waals surface area (Å²) in [6.45, 7) is 0.331. The van der Waals surface area contributed by atoms with Crippen molar-refractivity contribution in [2.45, 2.75) is 37.3 Å². The molecule has 0 saturated heterocycles. The van der Waals surface area contributed by atoms with Gasteiger partial charge in [-0.1, -0.05) is 0 Å². The van der Waals surface area contributed by atoms with Crippen molar-refractivity contribution in [3.8, 4) is 0 Å². The second-order valence-corrected chi connectivity index (χ2v) is 4.92. The molecule has 11 heteroatoms. The summed E-state index contributed by atoms with van der Waals surface area (Å²) in [7, 11) is 0. The van der Waals surface area contributed by atoms with Crippen molar-refractivity contribution in [1.82, 2.24) is 10.6 Å². The van der Waals surface area contributed by atoms with Crippen LogP contribution in [-0.2, 0) is 14.3 Å². The molecule has 23 heavy (non-hydrogen) atoms. The van der Waals surface area contributed by atoms with Crippen LogP contribution in [0.15, 0.2) is 11.8 Å². The number of aliphatic hydroxyl groups excluding tert-OH is 3. The number of hydrogen-bond donors (Lipinski definition) is 7. The van der Waals surface area contributed by atoms with Gasteiger partial charge in [0.05, 0.1) is 18.7 Å². The van der Waals surface area contributed by atoms with Gasteiger partial charge in [0.1, 0.15) is 18.3 Å². The lowest BCUT2D eigenvalue weighted by molar-refractivity contribution is -0.146. The summed E-state index contributed by atoms with van der Waals surface area (Å²) >= 11 is 0. The van der Waals surface area contributed by atoms with Gasteiger partial charge in [-0.25, -0.2) is 9.59 Å². The fraction of sp³-hybridized carbons (Fsp3) is 0.583. The molecule has 11 nitrogen and oxygen atoms in total. The zero-order chi connectivity index (χ0) is 17.7. The van der Waals surface area contributed by atoms with Gasteiger partial charge in [0.15, 0.2) is 0 Å². The third-order valence-corrected chi connectivity index (χ3v) is 3.14. The molecular weight excluding hydrogens is 314 g/mol. The molecule has 0 aromatic carbocycles. The molecule has 130 valence electrons. The normalized spacial score (nSPS) is 26.3. The number of urea groups is 1. The fourth-order valence-electron chi connectivity index (χ4n) is 2.16. The molecule has 0 spiro atoms. The van der Waals surface area contributed by atoms with Gasteiger partial charge in [-0.2, -0.15) is 0 Å². The average Bonchev–Trinajstić information content (AvgIpc) is 2.45. The molecule has 0 bridgehead atoms. The maximum absolute atomic E-state index is 11.3. The van der Waals surface area contributed by atoms with E-state index < -0.39 is 60.7 Å². The van der Waals surface area contributed by atoms with Crippen LogP contribution in [0.4, 0.5) is 4.79 Å². The molecule has 0 aromatic rings. The molecule has 0 radical (unpaired) electrons. The lowest BCUT2D eigenvalue weighted by Gasteiger charge is -2.39. The minimum atomic E-state index is -1.74. The van der Waals surface area contributed by atoms with Crippen LogP contribution in [0.5, 0.6) is 0 Å². The smallest absolute Gasteiger partial charge is 0.370 e. The third kappa shape index (κ3) is 4.81. The first-order valence-corrected chi connectivity index (χ1v) is 6.59. The van der Waals surface area contributed by atoms with Crippen LogP contribution in [-0.4, -0.2) is 75.3 Å². The lowest BCUT2D eigenvalue weighted by atomic mass is 9.92. The van der Waals surface area contributed by atoms with Crippen molar-refractivity contribution in [3.63, 3.8) is 0 Å². The highest BCUT2D eigenvalue weighted by molar-refractivity contribution is 5.85. The Morgan fingerprint density at radius 2 is 1.96 bits per heavy atom. The summed E-state index contributed by atoms with van der Waals surface area (Å²) in [5, 5.41) is 42.1. The van der Waals surface area contributed by atoms with E-state index in [4.69, 9.17) is 20.7 Å². The number of aliphatic hydroxyl groups is 3. The lowest BCUT2D eigenvalue weighted by Crippen LogP contribution is -2.64. The highest BCUT2D eigenvalue weighted by Gasteiger charge is 2.43. The summed E-state index contributed by atoms with van der Waals surface area (Å²) in [6, 6.07) is -3.23. The molecule has 1 rings (SSSR count). The predicted octanol–water partition coefficient (Wildman–Crippen LogP) is -3.39. The number of nitrogens with one attached hydrogen (secondary N) is 2. The molecule has 2 unspecified atom stereocenters. The van der Waals surface area contributed by atoms with E-state index in [2.05, 4.69) is 10.6 Å². The van der Waals surface area contributed by atoms with Gasteiger partial charge in [0, 0.05) is 6.92 Å². The van der Waals surface area contributed by atoms with E-state index in [-0.39, 0.29) is 0 Å². The van der Waals surface area contributed by atoms with Crippen LogP contribution in [0.1, 0.15) is 6.92 Å². The van der Waals surface area contributed by atoms with E-state index in [9.17, 15) is 24.6 Å². The summed E-state index contributed by atoms with van der Waals surface area (Å²) < 4.78 is 5.09. The van der Waals surface area contributed by atoms with Crippen molar-refractivity contribution in [1.29, 1.82) is 0 Å². The van der Waals surface area contributed by atoms with E-state index in [0.29, 0.717) is 0 Å². The van der Waals surface area contributed by atoms with Gasteiger partial charge in [-0.3, -0.25) is 4.79 Å². The molecule has 0 aliphatic carbocycles. The molecular formula is C12H19N3O8. The number of hydrogen-bond acceptors (Lipinski definition) is 7. The average molecular weight is 333 g/mol. The predicted molar refractivity (Wildman–Crippen MR) is 73.8 cm³/mol. The summed E-state index contributed by atoms with van der Waals surface area (Å²) in [5.74, 6) is -2.66. The largest absolute Gasteiger partial charge is 0.478 e. The number of aliphatic carboxylic acids is 1. The van der Waals surface area contributed by atoms with Crippen molar-refractivity contribution in [2.24, 2.45) is 5.73 Å². The Balaban J connectivity index is 3.22. The van der Waals surface area contributed by atoms with Crippen molar-refractivity contribution in [2.75, 3.05) is 6.61 Å². The number of primary amides is 1. The number of carbonyl (C=O) groups excluding carboxylic acids is 2. The summed E-state index contributed by atoms with van der Waals surface area (Å²) in [4.78, 5) is 33.5. The van der Waals surface area contributed by atoms with Gasteiger partial charge in [-0.05, 0) is 6.08 Å². The first kappa shape index (κ1) is 18.7. The van der Waals surface area contributed by atoms with E-state index in [1.165, 1.54) is 0 Å². The molecule has 0 saturated carbocycles. The van der Waals surface area contributed by atoms with Crippen molar-refractivity contribution < 1.29 is 39.5 Å².